The van der Waals surface area contributed by atoms with Crippen molar-refractivity contribution in [1.82, 2.24) is 5.32 Å². The predicted molar refractivity (Wildman–Crippen MR) is 73.6 cm³/mol. The highest BCUT2D eigenvalue weighted by Crippen LogP contribution is 2.44. The molecule has 1 amide bonds. The Morgan fingerprint density at radius 1 is 1.16 bits per heavy atom. The fraction of sp³-hybridized carbons (Fsp3) is 0.562. The Morgan fingerprint density at radius 2 is 1.74 bits per heavy atom. The summed E-state index contributed by atoms with van der Waals surface area (Å²) in [6.45, 7) is 0. The van der Waals surface area contributed by atoms with Gasteiger partial charge >= 0.3 is 0 Å². The lowest BCUT2D eigenvalue weighted by Gasteiger charge is -2.22. The van der Waals surface area contributed by atoms with Gasteiger partial charge in [0, 0.05) is 13.2 Å². The molecule has 2 aliphatic rings. The average Bonchev–Trinajstić information content (AvgIpc) is 3.30. The van der Waals surface area contributed by atoms with Gasteiger partial charge in [0.15, 0.2) is 6.10 Å². The van der Waals surface area contributed by atoms with Crippen molar-refractivity contribution in [3.63, 3.8) is 0 Å². The van der Waals surface area contributed by atoms with E-state index < -0.39 is 6.10 Å². The zero-order valence-electron chi connectivity index (χ0n) is 11.3. The van der Waals surface area contributed by atoms with Gasteiger partial charge in [0.25, 0.3) is 5.91 Å². The summed E-state index contributed by atoms with van der Waals surface area (Å²) >= 11 is 0. The fourth-order valence-electron chi connectivity index (χ4n) is 2.79. The van der Waals surface area contributed by atoms with Crippen LogP contribution in [0.15, 0.2) is 30.3 Å². The Hall–Kier alpha value is -1.35. The summed E-state index contributed by atoms with van der Waals surface area (Å²) in [6, 6.07) is 10.1. The van der Waals surface area contributed by atoms with Crippen LogP contribution < -0.4 is 5.32 Å². The minimum Gasteiger partial charge on any atom is -0.367 e. The lowest BCUT2D eigenvalue weighted by Crippen LogP contribution is -2.41. The smallest absolute Gasteiger partial charge is 0.253 e. The molecule has 1 aromatic rings. The van der Waals surface area contributed by atoms with E-state index in [0.717, 1.165) is 5.56 Å². The van der Waals surface area contributed by atoms with Crippen LogP contribution in [0.25, 0.3) is 0 Å². The molecule has 1 N–H and O–H groups in total. The molecule has 0 saturated heterocycles. The van der Waals surface area contributed by atoms with Crippen LogP contribution in [0, 0.1) is 11.8 Å². The van der Waals surface area contributed by atoms with Gasteiger partial charge in [0.05, 0.1) is 0 Å². The quantitative estimate of drug-likeness (QED) is 0.853. The van der Waals surface area contributed by atoms with E-state index in [0.29, 0.717) is 17.9 Å². The van der Waals surface area contributed by atoms with Crippen LogP contribution in [0.5, 0.6) is 0 Å². The maximum absolute atomic E-state index is 12.4. The van der Waals surface area contributed by atoms with Gasteiger partial charge < -0.3 is 10.1 Å². The highest BCUT2D eigenvalue weighted by atomic mass is 16.5. The number of hydrogen-bond donors (Lipinski definition) is 1. The molecule has 2 aliphatic carbocycles. The number of carbonyl (C=O) groups is 1. The molecular weight excluding hydrogens is 238 g/mol. The molecule has 3 heteroatoms. The summed E-state index contributed by atoms with van der Waals surface area (Å²) in [7, 11) is 1.60. The molecular formula is C16H21NO2. The minimum atomic E-state index is -0.485. The van der Waals surface area contributed by atoms with Crippen molar-refractivity contribution in [2.45, 2.75) is 37.8 Å². The van der Waals surface area contributed by atoms with E-state index in [1.807, 2.05) is 30.3 Å². The maximum Gasteiger partial charge on any atom is 0.253 e. The number of methoxy groups -OCH3 is 1. The molecule has 0 bridgehead atoms. The molecule has 0 aliphatic heterocycles. The molecule has 0 heterocycles. The summed E-state index contributed by atoms with van der Waals surface area (Å²) in [5.41, 5.74) is 0.924. The van der Waals surface area contributed by atoms with Crippen LogP contribution in [-0.2, 0) is 9.53 Å². The Balaban J connectivity index is 1.67. The number of amides is 1. The molecule has 19 heavy (non-hydrogen) atoms. The van der Waals surface area contributed by atoms with Gasteiger partial charge in [-0.05, 0) is 43.1 Å². The van der Waals surface area contributed by atoms with Crippen LogP contribution in [0.4, 0.5) is 0 Å². The second-order valence-electron chi connectivity index (χ2n) is 5.74. The Kier molecular flexibility index (Phi) is 3.56. The summed E-state index contributed by atoms with van der Waals surface area (Å²) in [6.07, 6.45) is 4.59. The first kappa shape index (κ1) is 12.7. The highest BCUT2D eigenvalue weighted by Gasteiger charge is 2.42. The van der Waals surface area contributed by atoms with Crippen molar-refractivity contribution in [3.05, 3.63) is 35.9 Å². The zero-order valence-corrected chi connectivity index (χ0v) is 11.3. The fourth-order valence-corrected chi connectivity index (χ4v) is 2.79. The Morgan fingerprint density at radius 3 is 2.21 bits per heavy atom. The van der Waals surface area contributed by atoms with Crippen LogP contribution >= 0.6 is 0 Å². The first-order valence-corrected chi connectivity index (χ1v) is 7.17. The van der Waals surface area contributed by atoms with Crippen molar-refractivity contribution in [2.75, 3.05) is 7.11 Å². The van der Waals surface area contributed by atoms with Gasteiger partial charge in [-0.3, -0.25) is 4.79 Å². The normalized spacial score (nSPS) is 20.3. The summed E-state index contributed by atoms with van der Waals surface area (Å²) in [5, 5.41) is 3.23. The Bertz CT molecular complexity index is 425. The van der Waals surface area contributed by atoms with Crippen molar-refractivity contribution < 1.29 is 9.53 Å². The number of benzene rings is 1. The topological polar surface area (TPSA) is 38.3 Å². The summed E-state index contributed by atoms with van der Waals surface area (Å²) < 4.78 is 5.39. The van der Waals surface area contributed by atoms with E-state index in [1.54, 1.807) is 7.11 Å². The highest BCUT2D eigenvalue weighted by molar-refractivity contribution is 5.82. The average molecular weight is 259 g/mol. The summed E-state index contributed by atoms with van der Waals surface area (Å²) in [4.78, 5) is 12.4. The lowest BCUT2D eigenvalue weighted by atomic mass is 10.0. The third-order valence-corrected chi connectivity index (χ3v) is 4.14. The SMILES string of the molecule is CO[C@H](C(=O)NC(C1CC1)C1CC1)c1ccccc1. The van der Waals surface area contributed by atoms with Crippen molar-refractivity contribution >= 4 is 5.91 Å². The molecule has 2 saturated carbocycles. The van der Waals surface area contributed by atoms with Crippen LogP contribution in [-0.4, -0.2) is 19.1 Å². The van der Waals surface area contributed by atoms with E-state index in [-0.39, 0.29) is 5.91 Å². The zero-order chi connectivity index (χ0) is 13.2. The largest absolute Gasteiger partial charge is 0.367 e. The van der Waals surface area contributed by atoms with E-state index in [4.69, 9.17) is 4.74 Å². The van der Waals surface area contributed by atoms with Gasteiger partial charge in [-0.25, -0.2) is 0 Å². The first-order valence-electron chi connectivity index (χ1n) is 7.17. The second-order valence-corrected chi connectivity index (χ2v) is 5.74. The second kappa shape index (κ2) is 5.33. The van der Waals surface area contributed by atoms with Crippen LogP contribution in [0.2, 0.25) is 0 Å². The number of ether oxygens (including phenoxy) is 1. The van der Waals surface area contributed by atoms with Gasteiger partial charge in [-0.2, -0.15) is 0 Å². The van der Waals surface area contributed by atoms with E-state index in [2.05, 4.69) is 5.32 Å². The number of nitrogens with one attached hydrogen (secondary N) is 1. The third-order valence-electron chi connectivity index (χ3n) is 4.14. The van der Waals surface area contributed by atoms with Crippen LogP contribution in [0.3, 0.4) is 0 Å². The van der Waals surface area contributed by atoms with Crippen molar-refractivity contribution in [3.8, 4) is 0 Å². The van der Waals surface area contributed by atoms with Gasteiger partial charge in [-0.15, -0.1) is 0 Å². The lowest BCUT2D eigenvalue weighted by molar-refractivity contribution is -0.132. The standard InChI is InChI=1S/C16H21NO2/c1-19-15(13-5-3-2-4-6-13)16(18)17-14(11-7-8-11)12-9-10-12/h2-6,11-12,14-15H,7-10H2,1H3,(H,17,18)/t15-/m0/s1. The number of rotatable bonds is 6. The van der Waals surface area contributed by atoms with Gasteiger partial charge in [0.1, 0.15) is 0 Å². The maximum atomic E-state index is 12.4. The molecule has 1 atom stereocenters. The summed E-state index contributed by atoms with van der Waals surface area (Å²) in [5.74, 6) is 1.44. The molecule has 0 spiro atoms. The minimum absolute atomic E-state index is 0.0116. The monoisotopic (exact) mass is 259 g/mol. The van der Waals surface area contributed by atoms with Crippen molar-refractivity contribution in [1.29, 1.82) is 0 Å². The van der Waals surface area contributed by atoms with Gasteiger partial charge in [-0.1, -0.05) is 30.3 Å². The molecule has 0 radical (unpaired) electrons. The molecule has 3 nitrogen and oxygen atoms in total. The predicted octanol–water partition coefficient (Wildman–Crippen LogP) is 2.68. The molecule has 0 unspecified atom stereocenters. The van der Waals surface area contributed by atoms with Crippen molar-refractivity contribution in [2.24, 2.45) is 11.8 Å². The third kappa shape index (κ3) is 2.98. The number of carbonyl (C=O) groups excluding carboxylic acids is 1. The molecule has 0 aromatic heterocycles. The molecule has 2 fully saturated rings. The molecule has 3 rings (SSSR count). The van der Waals surface area contributed by atoms with E-state index in [1.165, 1.54) is 25.7 Å². The molecule has 1 aromatic carbocycles. The Labute approximate surface area is 114 Å². The first-order chi connectivity index (χ1) is 9.29. The van der Waals surface area contributed by atoms with Gasteiger partial charge in [0.2, 0.25) is 0 Å². The number of hydrogen-bond acceptors (Lipinski definition) is 2. The van der Waals surface area contributed by atoms with E-state index in [9.17, 15) is 4.79 Å². The van der Waals surface area contributed by atoms with Crippen LogP contribution in [0.1, 0.15) is 37.4 Å². The molecule has 102 valence electrons. The van der Waals surface area contributed by atoms with E-state index >= 15 is 0 Å².